The molecule has 7 heteroatoms. The highest BCUT2D eigenvalue weighted by atomic mass is 79.9. The SMILES string of the molecule is COC(=O)C1=C(C)NC2=C(C(=O)c3ccccc32)[C@H]1c1cc(Br)c(OCc2cccc3ccccc23)c(Br)c1. The Bertz CT molecular complexity index is 1730. The molecule has 0 aromatic heterocycles. The van der Waals surface area contributed by atoms with Crippen LogP contribution in [0.25, 0.3) is 16.5 Å². The number of fused-ring (bicyclic) bond motifs is 3. The summed E-state index contributed by atoms with van der Waals surface area (Å²) in [5, 5.41) is 5.61. The standard InChI is InChI=1S/C32H23Br2NO4/c1-17-26(32(37)38-2)27(28-29(35-17)22-12-5-6-13-23(22)30(28)36)20-14-24(33)31(25(34)15-20)39-16-19-10-7-9-18-8-3-4-11-21(18)19/h3-15,27,35H,16H2,1-2H3/t27-/m0/s1. The molecule has 0 unspecified atom stereocenters. The van der Waals surface area contributed by atoms with Gasteiger partial charge in [0.15, 0.2) is 5.78 Å². The van der Waals surface area contributed by atoms with E-state index in [0.29, 0.717) is 43.7 Å². The van der Waals surface area contributed by atoms with Gasteiger partial charge in [-0.3, -0.25) is 4.79 Å². The lowest BCUT2D eigenvalue weighted by molar-refractivity contribution is -0.136. The van der Waals surface area contributed by atoms with Crippen LogP contribution in [0.2, 0.25) is 0 Å². The number of Topliss-reactive ketones (excluding diaryl/α,β-unsaturated/α-hetero) is 1. The number of hydrogen-bond acceptors (Lipinski definition) is 5. The van der Waals surface area contributed by atoms with E-state index in [1.807, 2.05) is 61.5 Å². The van der Waals surface area contributed by atoms with Gasteiger partial charge in [-0.1, -0.05) is 66.7 Å². The Balaban J connectivity index is 1.41. The summed E-state index contributed by atoms with van der Waals surface area (Å²) in [6, 6.07) is 25.7. The lowest BCUT2D eigenvalue weighted by Gasteiger charge is -2.29. The largest absolute Gasteiger partial charge is 0.487 e. The van der Waals surface area contributed by atoms with E-state index >= 15 is 0 Å². The Kier molecular flexibility index (Phi) is 6.65. The van der Waals surface area contributed by atoms with Crippen molar-refractivity contribution in [3.05, 3.63) is 127 Å². The summed E-state index contributed by atoms with van der Waals surface area (Å²) in [4.78, 5) is 26.7. The van der Waals surface area contributed by atoms with Gasteiger partial charge in [0.05, 0.1) is 27.3 Å². The minimum Gasteiger partial charge on any atom is -0.487 e. The molecule has 0 radical (unpaired) electrons. The highest BCUT2D eigenvalue weighted by Crippen LogP contribution is 2.49. The number of methoxy groups -OCH3 is 1. The van der Waals surface area contributed by atoms with Crippen LogP contribution >= 0.6 is 31.9 Å². The van der Waals surface area contributed by atoms with Crippen molar-refractivity contribution in [2.24, 2.45) is 0 Å². The number of benzene rings is 4. The number of ether oxygens (including phenoxy) is 2. The highest BCUT2D eigenvalue weighted by molar-refractivity contribution is 9.11. The van der Waals surface area contributed by atoms with Crippen LogP contribution in [0.1, 0.15) is 39.9 Å². The Morgan fingerprint density at radius 3 is 2.33 bits per heavy atom. The van der Waals surface area contributed by atoms with E-state index in [2.05, 4.69) is 61.4 Å². The molecule has 1 atom stereocenters. The van der Waals surface area contributed by atoms with Crippen molar-refractivity contribution in [3.63, 3.8) is 0 Å². The first kappa shape index (κ1) is 25.6. The molecule has 0 saturated carbocycles. The normalized spacial score (nSPS) is 16.2. The average Bonchev–Trinajstić information content (AvgIpc) is 3.22. The first-order chi connectivity index (χ1) is 18.9. The van der Waals surface area contributed by atoms with Crippen molar-refractivity contribution in [2.45, 2.75) is 19.4 Å². The summed E-state index contributed by atoms with van der Waals surface area (Å²) in [5.41, 5.74) is 5.61. The van der Waals surface area contributed by atoms with Crippen molar-refractivity contribution in [1.82, 2.24) is 5.32 Å². The fourth-order valence-corrected chi connectivity index (χ4v) is 6.95. The van der Waals surface area contributed by atoms with Gasteiger partial charge >= 0.3 is 5.97 Å². The van der Waals surface area contributed by atoms with Crippen molar-refractivity contribution < 1.29 is 19.1 Å². The fourth-order valence-electron chi connectivity index (χ4n) is 5.50. The highest BCUT2D eigenvalue weighted by Gasteiger charge is 2.43. The molecule has 1 heterocycles. The number of rotatable bonds is 5. The van der Waals surface area contributed by atoms with E-state index in [1.54, 1.807) is 0 Å². The van der Waals surface area contributed by atoms with Gasteiger partial charge in [-0.2, -0.15) is 0 Å². The summed E-state index contributed by atoms with van der Waals surface area (Å²) in [6.45, 7) is 2.21. The average molecular weight is 645 g/mol. The molecular formula is C32H23Br2NO4. The van der Waals surface area contributed by atoms with Gasteiger partial charge < -0.3 is 14.8 Å². The summed E-state index contributed by atoms with van der Waals surface area (Å²) >= 11 is 7.38. The zero-order valence-corrected chi connectivity index (χ0v) is 24.4. The third-order valence-electron chi connectivity index (χ3n) is 7.26. The molecule has 4 aromatic rings. The first-order valence-corrected chi connectivity index (χ1v) is 14.0. The van der Waals surface area contributed by atoms with Crippen LogP contribution in [0.4, 0.5) is 0 Å². The smallest absolute Gasteiger partial charge is 0.336 e. The number of hydrogen-bond donors (Lipinski definition) is 1. The monoisotopic (exact) mass is 643 g/mol. The van der Waals surface area contributed by atoms with Crippen LogP contribution in [0.3, 0.4) is 0 Å². The molecule has 0 saturated heterocycles. The van der Waals surface area contributed by atoms with Crippen LogP contribution in [0.5, 0.6) is 5.75 Å². The number of allylic oxidation sites excluding steroid dienone is 2. The van der Waals surface area contributed by atoms with Crippen molar-refractivity contribution in [3.8, 4) is 5.75 Å². The molecular weight excluding hydrogens is 622 g/mol. The van der Waals surface area contributed by atoms with Gasteiger partial charge in [0, 0.05) is 28.3 Å². The van der Waals surface area contributed by atoms with Gasteiger partial charge in [0.2, 0.25) is 0 Å². The van der Waals surface area contributed by atoms with Gasteiger partial charge in [0.25, 0.3) is 0 Å². The molecule has 0 fully saturated rings. The fraction of sp³-hybridized carbons (Fsp3) is 0.125. The lowest BCUT2D eigenvalue weighted by Crippen LogP contribution is -2.29. The van der Waals surface area contributed by atoms with E-state index in [0.717, 1.165) is 33.2 Å². The Morgan fingerprint density at radius 1 is 0.923 bits per heavy atom. The minimum absolute atomic E-state index is 0.101. The van der Waals surface area contributed by atoms with E-state index in [9.17, 15) is 9.59 Å². The van der Waals surface area contributed by atoms with Gasteiger partial charge in [0.1, 0.15) is 12.4 Å². The predicted molar refractivity (Wildman–Crippen MR) is 158 cm³/mol. The molecule has 1 N–H and O–H groups in total. The molecule has 1 aliphatic heterocycles. The molecule has 2 aliphatic rings. The van der Waals surface area contributed by atoms with E-state index in [1.165, 1.54) is 7.11 Å². The number of carbonyl (C=O) groups excluding carboxylic acids is 2. The third kappa shape index (κ3) is 4.30. The maximum Gasteiger partial charge on any atom is 0.336 e. The number of esters is 1. The van der Waals surface area contributed by atoms with Crippen LogP contribution in [-0.4, -0.2) is 18.9 Å². The van der Waals surface area contributed by atoms with E-state index in [-0.39, 0.29) is 5.78 Å². The molecule has 194 valence electrons. The van der Waals surface area contributed by atoms with Gasteiger partial charge in [-0.05, 0) is 72.8 Å². The van der Waals surface area contributed by atoms with Gasteiger partial charge in [-0.15, -0.1) is 0 Å². The summed E-state index contributed by atoms with van der Waals surface area (Å²) in [7, 11) is 1.35. The Labute approximate surface area is 242 Å². The molecule has 1 aliphatic carbocycles. The number of halogens is 2. The molecule has 0 spiro atoms. The Morgan fingerprint density at radius 2 is 1.59 bits per heavy atom. The zero-order valence-electron chi connectivity index (χ0n) is 21.2. The topological polar surface area (TPSA) is 64.6 Å². The summed E-state index contributed by atoms with van der Waals surface area (Å²) in [6.07, 6.45) is 0. The minimum atomic E-state index is -0.617. The van der Waals surface area contributed by atoms with Gasteiger partial charge in [-0.25, -0.2) is 4.79 Å². The molecule has 4 aromatic carbocycles. The van der Waals surface area contributed by atoms with E-state index in [4.69, 9.17) is 9.47 Å². The summed E-state index contributed by atoms with van der Waals surface area (Å²) < 4.78 is 12.9. The summed E-state index contributed by atoms with van der Waals surface area (Å²) in [5.74, 6) is -0.566. The van der Waals surface area contributed by atoms with Crippen LogP contribution in [0.15, 0.2) is 105 Å². The predicted octanol–water partition coefficient (Wildman–Crippen LogP) is 7.69. The van der Waals surface area contributed by atoms with Crippen molar-refractivity contribution >= 4 is 60.1 Å². The molecule has 5 nitrogen and oxygen atoms in total. The van der Waals surface area contributed by atoms with Crippen molar-refractivity contribution in [2.75, 3.05) is 7.11 Å². The number of dihydropyridines is 1. The second-order valence-electron chi connectivity index (χ2n) is 9.49. The number of nitrogens with one attached hydrogen (secondary N) is 1. The second kappa shape index (κ2) is 10.1. The van der Waals surface area contributed by atoms with Crippen LogP contribution in [0, 0.1) is 0 Å². The maximum atomic E-state index is 13.7. The Hall–Kier alpha value is -3.68. The van der Waals surface area contributed by atoms with Crippen LogP contribution in [-0.2, 0) is 16.1 Å². The van der Waals surface area contributed by atoms with Crippen molar-refractivity contribution in [1.29, 1.82) is 0 Å². The first-order valence-electron chi connectivity index (χ1n) is 12.4. The lowest BCUT2D eigenvalue weighted by atomic mass is 9.80. The maximum absolute atomic E-state index is 13.7. The zero-order chi connectivity index (χ0) is 27.3. The molecule has 0 bridgehead atoms. The molecule has 0 amide bonds. The quantitative estimate of drug-likeness (QED) is 0.226. The number of carbonyl (C=O) groups is 2. The molecule has 39 heavy (non-hydrogen) atoms. The molecule has 6 rings (SSSR count). The number of ketones is 1. The second-order valence-corrected chi connectivity index (χ2v) is 11.2. The van der Waals surface area contributed by atoms with E-state index < -0.39 is 11.9 Å². The van der Waals surface area contributed by atoms with Crippen LogP contribution < -0.4 is 10.1 Å². The third-order valence-corrected chi connectivity index (χ3v) is 8.44.